The van der Waals surface area contributed by atoms with E-state index >= 15 is 0 Å². The molecule has 2 rings (SSSR count). The van der Waals surface area contributed by atoms with E-state index in [9.17, 15) is 4.79 Å². The molecule has 2 aromatic rings. The summed E-state index contributed by atoms with van der Waals surface area (Å²) in [5, 5.41) is 8.16. The molecule has 1 amide bonds. The van der Waals surface area contributed by atoms with Crippen LogP contribution in [0.15, 0.2) is 24.3 Å². The summed E-state index contributed by atoms with van der Waals surface area (Å²) in [6.07, 6.45) is 0.472. The molecule has 0 saturated heterocycles. The maximum Gasteiger partial charge on any atom is 0.221 e. The van der Waals surface area contributed by atoms with Crippen LogP contribution in [-0.4, -0.2) is 18.0 Å². The van der Waals surface area contributed by atoms with Crippen LogP contribution in [0, 0.1) is 0 Å². The number of hydrogen-bond donors (Lipinski definition) is 2. The number of benzene rings is 1. The Labute approximate surface area is 134 Å². The average molecular weight is 325 g/mol. The highest BCUT2D eigenvalue weighted by molar-refractivity contribution is 7.19. The molecule has 1 aromatic heterocycles. The van der Waals surface area contributed by atoms with Crippen molar-refractivity contribution in [2.75, 3.05) is 6.54 Å². The Balaban J connectivity index is 1.83. The van der Waals surface area contributed by atoms with Crippen LogP contribution in [0.3, 0.4) is 0 Å². The molecule has 21 heavy (non-hydrogen) atoms. The summed E-state index contributed by atoms with van der Waals surface area (Å²) in [7, 11) is 0. The summed E-state index contributed by atoms with van der Waals surface area (Å²) in [5.74, 6) is 0.0671. The van der Waals surface area contributed by atoms with Gasteiger partial charge in [0.25, 0.3) is 0 Å². The zero-order valence-corrected chi connectivity index (χ0v) is 14.2. The second-order valence-electron chi connectivity index (χ2n) is 6.06. The highest BCUT2D eigenvalue weighted by atomic mass is 35.5. The summed E-state index contributed by atoms with van der Waals surface area (Å²) in [6, 6.07) is 8.12. The first-order chi connectivity index (χ1) is 9.87. The highest BCUT2D eigenvalue weighted by Crippen LogP contribution is 2.34. The smallest absolute Gasteiger partial charge is 0.221 e. The van der Waals surface area contributed by atoms with Crippen LogP contribution in [-0.2, 0) is 11.3 Å². The molecule has 0 aliphatic heterocycles. The lowest BCUT2D eigenvalue weighted by Crippen LogP contribution is -2.41. The second kappa shape index (κ2) is 6.77. The predicted molar refractivity (Wildman–Crippen MR) is 91.1 cm³/mol. The quantitative estimate of drug-likeness (QED) is 0.818. The van der Waals surface area contributed by atoms with E-state index in [-0.39, 0.29) is 11.4 Å². The van der Waals surface area contributed by atoms with Gasteiger partial charge in [0.2, 0.25) is 5.91 Å². The SMILES string of the molecule is CC(C)(C)NC(=O)CCNCc1sc2ccccc2c1Cl. The van der Waals surface area contributed by atoms with Crippen LogP contribution in [0.2, 0.25) is 5.02 Å². The minimum Gasteiger partial charge on any atom is -0.351 e. The van der Waals surface area contributed by atoms with Crippen molar-refractivity contribution >= 4 is 38.9 Å². The number of rotatable bonds is 5. The van der Waals surface area contributed by atoms with E-state index in [1.807, 2.05) is 39.0 Å². The molecule has 0 bridgehead atoms. The summed E-state index contributed by atoms with van der Waals surface area (Å²) >= 11 is 8.07. The van der Waals surface area contributed by atoms with E-state index in [0.717, 1.165) is 15.3 Å². The minimum atomic E-state index is -0.175. The number of hydrogen-bond acceptors (Lipinski definition) is 3. The zero-order valence-electron chi connectivity index (χ0n) is 12.6. The third-order valence-corrected chi connectivity index (χ3v) is 4.64. The van der Waals surface area contributed by atoms with E-state index in [1.54, 1.807) is 11.3 Å². The molecule has 0 spiro atoms. The first kappa shape index (κ1) is 16.3. The molecule has 0 aliphatic rings. The van der Waals surface area contributed by atoms with E-state index < -0.39 is 0 Å². The van der Waals surface area contributed by atoms with Gasteiger partial charge < -0.3 is 10.6 Å². The lowest BCUT2D eigenvalue weighted by molar-refractivity contribution is -0.122. The molecule has 0 saturated carbocycles. The van der Waals surface area contributed by atoms with Crippen LogP contribution in [0.4, 0.5) is 0 Å². The first-order valence-electron chi connectivity index (χ1n) is 7.04. The molecular weight excluding hydrogens is 304 g/mol. The Morgan fingerprint density at radius 3 is 2.67 bits per heavy atom. The molecule has 0 unspecified atom stereocenters. The molecule has 114 valence electrons. The van der Waals surface area contributed by atoms with Gasteiger partial charge in [-0.05, 0) is 26.8 Å². The summed E-state index contributed by atoms with van der Waals surface area (Å²) in [5.41, 5.74) is -0.175. The van der Waals surface area contributed by atoms with E-state index in [4.69, 9.17) is 11.6 Å². The molecule has 2 N–H and O–H groups in total. The lowest BCUT2D eigenvalue weighted by atomic mass is 10.1. The Kier molecular flexibility index (Phi) is 5.25. The molecule has 0 aliphatic carbocycles. The van der Waals surface area contributed by atoms with Gasteiger partial charge in [-0.25, -0.2) is 0 Å². The maximum absolute atomic E-state index is 11.7. The van der Waals surface area contributed by atoms with E-state index in [2.05, 4.69) is 16.7 Å². The number of fused-ring (bicyclic) bond motifs is 1. The largest absolute Gasteiger partial charge is 0.351 e. The first-order valence-corrected chi connectivity index (χ1v) is 8.24. The van der Waals surface area contributed by atoms with Crippen LogP contribution in [0.25, 0.3) is 10.1 Å². The minimum absolute atomic E-state index is 0.0671. The monoisotopic (exact) mass is 324 g/mol. The molecule has 5 heteroatoms. The molecule has 1 heterocycles. The fraction of sp³-hybridized carbons (Fsp3) is 0.438. The van der Waals surface area contributed by atoms with Gasteiger partial charge in [0, 0.05) is 40.0 Å². The Bertz CT molecular complexity index is 631. The summed E-state index contributed by atoms with van der Waals surface area (Å²) < 4.78 is 1.20. The molecule has 0 fully saturated rings. The van der Waals surface area contributed by atoms with Gasteiger partial charge >= 0.3 is 0 Å². The van der Waals surface area contributed by atoms with Gasteiger partial charge in [0.05, 0.1) is 5.02 Å². The van der Waals surface area contributed by atoms with Gasteiger partial charge in [-0.2, -0.15) is 0 Å². The molecule has 0 radical (unpaired) electrons. The summed E-state index contributed by atoms with van der Waals surface area (Å²) in [4.78, 5) is 12.8. The normalized spacial score (nSPS) is 11.8. The fourth-order valence-corrected chi connectivity index (χ4v) is 3.53. The van der Waals surface area contributed by atoms with E-state index in [0.29, 0.717) is 19.5 Å². The molecule has 3 nitrogen and oxygen atoms in total. The van der Waals surface area contributed by atoms with Crippen molar-refractivity contribution in [3.63, 3.8) is 0 Å². The number of nitrogens with one attached hydrogen (secondary N) is 2. The molecule has 0 atom stereocenters. The van der Waals surface area contributed by atoms with Crippen molar-refractivity contribution in [3.8, 4) is 0 Å². The summed E-state index contributed by atoms with van der Waals surface area (Å²) in [6.45, 7) is 7.29. The number of carbonyl (C=O) groups excluding carboxylic acids is 1. The maximum atomic E-state index is 11.7. The van der Waals surface area contributed by atoms with Gasteiger partial charge in [-0.15, -0.1) is 11.3 Å². The number of thiophene rings is 1. The van der Waals surface area contributed by atoms with Crippen LogP contribution in [0.1, 0.15) is 32.1 Å². The standard InChI is InChI=1S/C16H21ClN2OS/c1-16(2,3)19-14(20)8-9-18-10-13-15(17)11-6-4-5-7-12(11)21-13/h4-7,18H,8-10H2,1-3H3,(H,19,20). The van der Waals surface area contributed by atoms with Gasteiger partial charge in [-0.1, -0.05) is 29.8 Å². The van der Waals surface area contributed by atoms with Crippen molar-refractivity contribution in [2.45, 2.75) is 39.3 Å². The van der Waals surface area contributed by atoms with Crippen molar-refractivity contribution in [3.05, 3.63) is 34.2 Å². The van der Waals surface area contributed by atoms with Crippen molar-refractivity contribution in [2.24, 2.45) is 0 Å². The van der Waals surface area contributed by atoms with Crippen LogP contribution in [0.5, 0.6) is 0 Å². The third kappa shape index (κ3) is 4.70. The lowest BCUT2D eigenvalue weighted by Gasteiger charge is -2.20. The predicted octanol–water partition coefficient (Wildman–Crippen LogP) is 3.95. The van der Waals surface area contributed by atoms with Gasteiger partial charge in [0.15, 0.2) is 0 Å². The van der Waals surface area contributed by atoms with E-state index in [1.165, 1.54) is 4.70 Å². The van der Waals surface area contributed by atoms with Crippen molar-refractivity contribution in [1.29, 1.82) is 0 Å². The topological polar surface area (TPSA) is 41.1 Å². The molecule has 1 aromatic carbocycles. The average Bonchev–Trinajstić information content (AvgIpc) is 2.70. The highest BCUT2D eigenvalue weighted by Gasteiger charge is 2.13. The zero-order chi connectivity index (χ0) is 15.5. The fourth-order valence-electron chi connectivity index (χ4n) is 2.06. The Hall–Kier alpha value is -1.10. The van der Waals surface area contributed by atoms with Gasteiger partial charge in [0.1, 0.15) is 0 Å². The van der Waals surface area contributed by atoms with Crippen molar-refractivity contribution in [1.82, 2.24) is 10.6 Å². The third-order valence-electron chi connectivity index (χ3n) is 2.93. The number of carbonyl (C=O) groups is 1. The van der Waals surface area contributed by atoms with Gasteiger partial charge in [-0.3, -0.25) is 4.79 Å². The Morgan fingerprint density at radius 2 is 2.00 bits per heavy atom. The number of amides is 1. The second-order valence-corrected chi connectivity index (χ2v) is 7.58. The van der Waals surface area contributed by atoms with Crippen molar-refractivity contribution < 1.29 is 4.79 Å². The molecular formula is C16H21ClN2OS. The Morgan fingerprint density at radius 1 is 1.29 bits per heavy atom. The van der Waals surface area contributed by atoms with Crippen LogP contribution < -0.4 is 10.6 Å². The van der Waals surface area contributed by atoms with Crippen LogP contribution >= 0.6 is 22.9 Å². The number of halogens is 1.